The maximum absolute atomic E-state index is 12.7. The third-order valence-electron chi connectivity index (χ3n) is 6.46. The van der Waals surface area contributed by atoms with Crippen molar-refractivity contribution in [2.45, 2.75) is 23.8 Å². The summed E-state index contributed by atoms with van der Waals surface area (Å²) in [7, 11) is 0. The Balaban J connectivity index is 1.29. The van der Waals surface area contributed by atoms with Crippen molar-refractivity contribution in [2.75, 3.05) is 18.2 Å². The maximum atomic E-state index is 12.7. The van der Waals surface area contributed by atoms with Crippen LogP contribution in [0, 0.1) is 0 Å². The van der Waals surface area contributed by atoms with Crippen molar-refractivity contribution in [1.29, 1.82) is 0 Å². The second-order valence-corrected chi connectivity index (χ2v) is 9.63. The van der Waals surface area contributed by atoms with Gasteiger partial charge in [-0.1, -0.05) is 30.3 Å². The van der Waals surface area contributed by atoms with E-state index >= 15 is 0 Å². The number of aromatic nitrogens is 2. The molecule has 1 aliphatic carbocycles. The molecule has 5 rings (SSSR count). The molecule has 11 nitrogen and oxygen atoms in total. The summed E-state index contributed by atoms with van der Waals surface area (Å²) in [5, 5.41) is 42.4. The average Bonchev–Trinajstić information content (AvgIpc) is 3.51. The fourth-order valence-corrected chi connectivity index (χ4v) is 5.14. The van der Waals surface area contributed by atoms with Gasteiger partial charge < -0.3 is 30.5 Å². The van der Waals surface area contributed by atoms with Crippen LogP contribution in [0.2, 0.25) is 0 Å². The van der Waals surface area contributed by atoms with Crippen LogP contribution < -0.4 is 10.2 Å². The molecule has 4 aromatic rings. The van der Waals surface area contributed by atoms with Gasteiger partial charge in [-0.2, -0.15) is 0 Å². The highest BCUT2D eigenvalue weighted by Crippen LogP contribution is 2.45. The Morgan fingerprint density at radius 1 is 0.923 bits per heavy atom. The molecule has 0 radical (unpaired) electrons. The van der Waals surface area contributed by atoms with E-state index in [2.05, 4.69) is 5.32 Å². The topological polar surface area (TPSA) is 155 Å². The van der Waals surface area contributed by atoms with Gasteiger partial charge in [-0.15, -0.1) is 16.5 Å². The number of aromatic hydroxyl groups is 4. The first kappa shape index (κ1) is 25.9. The molecule has 1 amide bonds. The lowest BCUT2D eigenvalue weighted by Crippen LogP contribution is -2.22. The third kappa shape index (κ3) is 5.06. The Morgan fingerprint density at radius 2 is 1.64 bits per heavy atom. The summed E-state index contributed by atoms with van der Waals surface area (Å²) in [6.07, 6.45) is 0.670. The van der Waals surface area contributed by atoms with Crippen LogP contribution in [0.3, 0.4) is 0 Å². The summed E-state index contributed by atoms with van der Waals surface area (Å²) in [5.41, 5.74) is 4.19. The third-order valence-corrected chi connectivity index (χ3v) is 7.20. The van der Waals surface area contributed by atoms with Crippen molar-refractivity contribution in [2.24, 2.45) is 0 Å². The quantitative estimate of drug-likeness (QED) is 0.160. The molecule has 0 spiro atoms. The number of hydrogen-bond donors (Lipinski definition) is 5. The van der Waals surface area contributed by atoms with Gasteiger partial charge in [0.25, 0.3) is 0 Å². The second-order valence-electron chi connectivity index (χ2n) is 8.78. The SMILES string of the molecule is CSc1cc(O)n(CCC(=O)Nc2ccc3c(c2)C(COC(=O)On2c(O)ccc2O)c2ccccc2-3)c1O. The molecule has 39 heavy (non-hydrogen) atoms. The van der Waals surface area contributed by atoms with Gasteiger partial charge in [-0.25, -0.2) is 4.79 Å². The number of fused-ring (bicyclic) bond motifs is 3. The van der Waals surface area contributed by atoms with Crippen molar-refractivity contribution in [3.63, 3.8) is 0 Å². The predicted molar refractivity (Wildman–Crippen MR) is 142 cm³/mol. The highest BCUT2D eigenvalue weighted by Gasteiger charge is 2.30. The first-order valence-electron chi connectivity index (χ1n) is 11.9. The lowest BCUT2D eigenvalue weighted by Gasteiger charge is -2.15. The molecule has 12 heteroatoms. The Hall–Kier alpha value is -4.71. The molecule has 0 saturated carbocycles. The molecule has 2 heterocycles. The molecule has 0 fully saturated rings. The zero-order valence-electron chi connectivity index (χ0n) is 20.7. The Morgan fingerprint density at radius 3 is 2.36 bits per heavy atom. The molecule has 0 aliphatic heterocycles. The monoisotopic (exact) mass is 551 g/mol. The Labute approximate surface area is 226 Å². The summed E-state index contributed by atoms with van der Waals surface area (Å²) in [6, 6.07) is 16.9. The molecule has 1 unspecified atom stereocenters. The van der Waals surface area contributed by atoms with Crippen LogP contribution >= 0.6 is 11.8 Å². The van der Waals surface area contributed by atoms with E-state index in [-0.39, 0.29) is 43.2 Å². The van der Waals surface area contributed by atoms with Gasteiger partial charge in [0.1, 0.15) is 6.61 Å². The number of amides is 1. The average molecular weight is 552 g/mol. The molecule has 2 aromatic carbocycles. The van der Waals surface area contributed by atoms with Crippen molar-refractivity contribution in [1.82, 2.24) is 9.30 Å². The molecule has 2 aromatic heterocycles. The van der Waals surface area contributed by atoms with Crippen molar-refractivity contribution in [3.8, 4) is 34.6 Å². The molecular formula is C27H25N3O8S. The molecule has 0 bridgehead atoms. The zero-order valence-corrected chi connectivity index (χ0v) is 21.5. The van der Waals surface area contributed by atoms with Gasteiger partial charge in [0.15, 0.2) is 5.88 Å². The van der Waals surface area contributed by atoms with Gasteiger partial charge >= 0.3 is 6.16 Å². The first-order valence-corrected chi connectivity index (χ1v) is 13.1. The molecule has 1 atom stereocenters. The Kier molecular flexibility index (Phi) is 7.03. The van der Waals surface area contributed by atoms with Gasteiger partial charge in [0, 0.05) is 42.8 Å². The summed E-state index contributed by atoms with van der Waals surface area (Å²) < 4.78 is 7.13. The van der Waals surface area contributed by atoms with Crippen LogP contribution in [-0.4, -0.2) is 54.6 Å². The predicted octanol–water partition coefficient (Wildman–Crippen LogP) is 4.24. The van der Waals surface area contributed by atoms with Gasteiger partial charge in [-0.05, 0) is 40.6 Å². The number of ether oxygens (including phenoxy) is 1. The van der Waals surface area contributed by atoms with Gasteiger partial charge in [0.05, 0.1) is 4.90 Å². The van der Waals surface area contributed by atoms with Crippen LogP contribution in [0.15, 0.2) is 65.6 Å². The van der Waals surface area contributed by atoms with Crippen molar-refractivity contribution >= 4 is 29.5 Å². The number of nitrogens with zero attached hydrogens (tertiary/aromatic N) is 2. The van der Waals surface area contributed by atoms with Crippen LogP contribution in [0.25, 0.3) is 11.1 Å². The largest absolute Gasteiger partial charge is 0.534 e. The fraction of sp³-hybridized carbons (Fsp3) is 0.185. The number of carbonyl (C=O) groups is 2. The van der Waals surface area contributed by atoms with E-state index in [1.54, 1.807) is 12.3 Å². The minimum atomic E-state index is -1.12. The fourth-order valence-electron chi connectivity index (χ4n) is 4.62. The molecule has 202 valence electrons. The number of thioether (sulfide) groups is 1. The van der Waals surface area contributed by atoms with E-state index in [0.29, 0.717) is 15.3 Å². The van der Waals surface area contributed by atoms with Crippen molar-refractivity contribution in [3.05, 3.63) is 71.8 Å². The highest BCUT2D eigenvalue weighted by atomic mass is 32.2. The molecular weight excluding hydrogens is 526 g/mol. The van der Waals surface area contributed by atoms with E-state index in [1.807, 2.05) is 36.4 Å². The number of hydrogen-bond acceptors (Lipinski definition) is 9. The minimum absolute atomic E-state index is 0.0123. The lowest BCUT2D eigenvalue weighted by atomic mass is 9.97. The minimum Gasteiger partial charge on any atom is -0.494 e. The number of anilines is 1. The lowest BCUT2D eigenvalue weighted by molar-refractivity contribution is -0.116. The second kappa shape index (κ2) is 10.6. The van der Waals surface area contributed by atoms with E-state index in [4.69, 9.17) is 9.57 Å². The normalized spacial score (nSPS) is 13.5. The smallest absolute Gasteiger partial charge is 0.494 e. The molecule has 0 saturated heterocycles. The number of benzene rings is 2. The number of carbonyl (C=O) groups excluding carboxylic acids is 2. The molecule has 5 N–H and O–H groups in total. The summed E-state index contributed by atoms with van der Waals surface area (Å²) in [5.74, 6) is -1.81. The van der Waals surface area contributed by atoms with Crippen molar-refractivity contribution < 1.29 is 39.6 Å². The van der Waals surface area contributed by atoms with Crippen LogP contribution in [0.1, 0.15) is 23.5 Å². The Bertz CT molecular complexity index is 1540. The van der Waals surface area contributed by atoms with E-state index in [0.717, 1.165) is 34.4 Å². The van der Waals surface area contributed by atoms with Crippen LogP contribution in [0.4, 0.5) is 10.5 Å². The standard InChI is InChI=1S/C27H25N3O8S/c1-39-21-13-25(34)29(26(21)35)11-10-22(31)28-15-6-7-18-16-4-2-3-5-17(16)20(19(18)12-15)14-37-27(36)38-30-23(32)8-9-24(30)33/h2-9,12-13,20,32-35H,10-11,14H2,1H3,(H,28,31). The summed E-state index contributed by atoms with van der Waals surface area (Å²) in [6.45, 7) is -0.00147. The van der Waals surface area contributed by atoms with Gasteiger partial charge in [0.2, 0.25) is 23.5 Å². The highest BCUT2D eigenvalue weighted by molar-refractivity contribution is 7.98. The zero-order chi connectivity index (χ0) is 27.7. The molecule has 1 aliphatic rings. The number of nitrogens with one attached hydrogen (secondary N) is 1. The van der Waals surface area contributed by atoms with E-state index in [9.17, 15) is 30.0 Å². The van der Waals surface area contributed by atoms with Gasteiger partial charge in [-0.3, -0.25) is 14.2 Å². The first-order chi connectivity index (χ1) is 18.8. The van der Waals surface area contributed by atoms with E-state index in [1.165, 1.54) is 22.4 Å². The van der Waals surface area contributed by atoms with Crippen LogP contribution in [0.5, 0.6) is 23.5 Å². The summed E-state index contributed by atoms with van der Waals surface area (Å²) in [4.78, 5) is 30.4. The van der Waals surface area contributed by atoms with E-state index < -0.39 is 17.9 Å². The number of rotatable bonds is 8. The maximum Gasteiger partial charge on any atom is 0.534 e. The van der Waals surface area contributed by atoms with Crippen LogP contribution in [-0.2, 0) is 16.1 Å². The summed E-state index contributed by atoms with van der Waals surface area (Å²) >= 11 is 1.29.